The molecule has 0 saturated carbocycles. The third-order valence-corrected chi connectivity index (χ3v) is 4.61. The number of halogens is 2. The van der Waals surface area contributed by atoms with E-state index in [1.807, 2.05) is 24.3 Å². The van der Waals surface area contributed by atoms with E-state index in [1.165, 1.54) is 6.21 Å². The number of hydrazone groups is 1. The van der Waals surface area contributed by atoms with E-state index < -0.39 is 0 Å². The molecule has 4 aromatic rings. The van der Waals surface area contributed by atoms with Crippen molar-refractivity contribution in [2.24, 2.45) is 5.10 Å². The van der Waals surface area contributed by atoms with E-state index >= 15 is 0 Å². The van der Waals surface area contributed by atoms with Crippen molar-refractivity contribution in [3.63, 3.8) is 0 Å². The van der Waals surface area contributed by atoms with Gasteiger partial charge < -0.3 is 10.1 Å². The molecule has 0 aliphatic rings. The van der Waals surface area contributed by atoms with Crippen molar-refractivity contribution in [3.8, 4) is 5.75 Å². The molecule has 3 N–H and O–H groups in total. The number of fused-ring (bicyclic) bond motifs is 3. The normalized spacial score (nSPS) is 11.6. The Kier molecular flexibility index (Phi) is 4.10. The molecule has 0 bridgehead atoms. The van der Waals surface area contributed by atoms with Crippen molar-refractivity contribution in [1.82, 2.24) is 20.2 Å². The maximum atomic E-state index is 10.0. The van der Waals surface area contributed by atoms with E-state index in [0.717, 1.165) is 15.4 Å². The van der Waals surface area contributed by atoms with E-state index in [-0.39, 0.29) is 11.7 Å². The van der Waals surface area contributed by atoms with Crippen molar-refractivity contribution < 1.29 is 5.11 Å². The van der Waals surface area contributed by atoms with Crippen LogP contribution in [0.2, 0.25) is 0 Å². The number of hydrogen-bond donors (Lipinski definition) is 3. The molecule has 0 aliphatic heterocycles. The Hall–Kier alpha value is -2.52. The fourth-order valence-corrected chi connectivity index (χ4v) is 3.67. The highest BCUT2D eigenvalue weighted by Gasteiger charge is 2.08. The number of anilines is 1. The van der Waals surface area contributed by atoms with Crippen LogP contribution in [0.5, 0.6) is 5.75 Å². The zero-order valence-electron chi connectivity index (χ0n) is 12.5. The Morgan fingerprint density at radius 3 is 2.88 bits per heavy atom. The van der Waals surface area contributed by atoms with Gasteiger partial charge in [-0.15, -0.1) is 10.2 Å². The molecule has 7 nitrogen and oxygen atoms in total. The third-order valence-electron chi connectivity index (χ3n) is 3.55. The molecule has 2 heterocycles. The van der Waals surface area contributed by atoms with Gasteiger partial charge in [-0.25, -0.2) is 5.43 Å². The summed E-state index contributed by atoms with van der Waals surface area (Å²) in [5.74, 6) is 0.350. The van der Waals surface area contributed by atoms with Gasteiger partial charge in [0.25, 0.3) is 5.95 Å². The number of para-hydroxylation sites is 1. The van der Waals surface area contributed by atoms with E-state index in [4.69, 9.17) is 0 Å². The van der Waals surface area contributed by atoms with Gasteiger partial charge in [0.2, 0.25) is 0 Å². The van der Waals surface area contributed by atoms with E-state index in [0.29, 0.717) is 21.2 Å². The molecule has 0 spiro atoms. The van der Waals surface area contributed by atoms with Crippen molar-refractivity contribution in [3.05, 3.63) is 50.9 Å². The summed E-state index contributed by atoms with van der Waals surface area (Å²) in [5, 5.41) is 23.3. The number of phenols is 1. The standard InChI is InChI=1S/C16H10Br2N6O/c17-9-5-8(14(25)11(18)6-9)7-19-23-16-21-15-13(22-24-16)10-3-1-2-4-12(10)20-15/h1-7,25H,(H2,20,21,23,24). The van der Waals surface area contributed by atoms with Crippen LogP contribution >= 0.6 is 31.9 Å². The summed E-state index contributed by atoms with van der Waals surface area (Å²) in [5.41, 5.74) is 5.54. The van der Waals surface area contributed by atoms with Crippen molar-refractivity contribution >= 4 is 66.1 Å². The lowest BCUT2D eigenvalue weighted by Crippen LogP contribution is -1.99. The van der Waals surface area contributed by atoms with Crippen LogP contribution in [0.3, 0.4) is 0 Å². The van der Waals surface area contributed by atoms with Crippen LogP contribution in [-0.4, -0.2) is 31.5 Å². The predicted molar refractivity (Wildman–Crippen MR) is 104 cm³/mol. The zero-order valence-corrected chi connectivity index (χ0v) is 15.7. The number of hydrogen-bond acceptors (Lipinski definition) is 6. The van der Waals surface area contributed by atoms with Crippen LogP contribution in [0.15, 0.2) is 50.4 Å². The Balaban J connectivity index is 1.62. The molecule has 2 aromatic heterocycles. The van der Waals surface area contributed by atoms with Gasteiger partial charge in [0, 0.05) is 20.9 Å². The van der Waals surface area contributed by atoms with Gasteiger partial charge in [0.15, 0.2) is 5.65 Å². The van der Waals surface area contributed by atoms with Crippen molar-refractivity contribution in [2.45, 2.75) is 0 Å². The minimum atomic E-state index is 0.0962. The predicted octanol–water partition coefficient (Wildman–Crippen LogP) is 4.18. The van der Waals surface area contributed by atoms with Gasteiger partial charge in [0.1, 0.15) is 11.3 Å². The topological polar surface area (TPSA) is 99.1 Å². The summed E-state index contributed by atoms with van der Waals surface area (Å²) in [6, 6.07) is 11.3. The fourth-order valence-electron chi connectivity index (χ4n) is 2.41. The minimum absolute atomic E-state index is 0.0962. The monoisotopic (exact) mass is 460 g/mol. The molecule has 124 valence electrons. The van der Waals surface area contributed by atoms with Gasteiger partial charge in [0.05, 0.1) is 10.7 Å². The summed E-state index contributed by atoms with van der Waals surface area (Å²) in [6.45, 7) is 0. The number of aromatic nitrogens is 4. The van der Waals surface area contributed by atoms with Crippen LogP contribution in [0.4, 0.5) is 5.95 Å². The highest BCUT2D eigenvalue weighted by Crippen LogP contribution is 2.30. The molecule has 0 aliphatic carbocycles. The highest BCUT2D eigenvalue weighted by atomic mass is 79.9. The molecular formula is C16H10Br2N6O. The second kappa shape index (κ2) is 6.41. The average Bonchev–Trinajstić information content (AvgIpc) is 2.96. The lowest BCUT2D eigenvalue weighted by molar-refractivity contribution is 0.471. The summed E-state index contributed by atoms with van der Waals surface area (Å²) >= 11 is 6.64. The molecule has 0 fully saturated rings. The third kappa shape index (κ3) is 3.08. The Labute approximate surface area is 158 Å². The number of nitrogens with zero attached hydrogens (tertiary/aromatic N) is 4. The second-order valence-electron chi connectivity index (χ2n) is 5.20. The minimum Gasteiger partial charge on any atom is -0.506 e. The zero-order chi connectivity index (χ0) is 17.4. The Bertz CT molecular complexity index is 1120. The molecule has 25 heavy (non-hydrogen) atoms. The van der Waals surface area contributed by atoms with E-state index in [9.17, 15) is 5.11 Å². The van der Waals surface area contributed by atoms with Gasteiger partial charge in [-0.05, 0) is 34.1 Å². The molecular weight excluding hydrogens is 452 g/mol. The molecule has 0 amide bonds. The summed E-state index contributed by atoms with van der Waals surface area (Å²) in [4.78, 5) is 7.56. The molecule has 0 radical (unpaired) electrons. The van der Waals surface area contributed by atoms with Crippen LogP contribution in [0.25, 0.3) is 22.1 Å². The van der Waals surface area contributed by atoms with Crippen molar-refractivity contribution in [1.29, 1.82) is 0 Å². The van der Waals surface area contributed by atoms with Gasteiger partial charge in [-0.1, -0.05) is 34.1 Å². The molecule has 2 aromatic carbocycles. The number of aromatic hydroxyl groups is 1. The van der Waals surface area contributed by atoms with Crippen LogP contribution in [0.1, 0.15) is 5.56 Å². The summed E-state index contributed by atoms with van der Waals surface area (Å²) < 4.78 is 1.39. The lowest BCUT2D eigenvalue weighted by atomic mass is 10.2. The largest absolute Gasteiger partial charge is 0.506 e. The Morgan fingerprint density at radius 1 is 1.16 bits per heavy atom. The van der Waals surface area contributed by atoms with Gasteiger partial charge in [-0.3, -0.25) is 0 Å². The maximum Gasteiger partial charge on any atom is 0.265 e. The first-order valence-corrected chi connectivity index (χ1v) is 8.78. The Morgan fingerprint density at radius 2 is 2.00 bits per heavy atom. The van der Waals surface area contributed by atoms with Crippen LogP contribution < -0.4 is 5.43 Å². The molecule has 4 rings (SSSR count). The molecule has 0 saturated heterocycles. The first-order chi connectivity index (χ1) is 12.1. The number of aromatic amines is 1. The number of nitrogens with one attached hydrogen (secondary N) is 2. The first kappa shape index (κ1) is 16.0. The van der Waals surface area contributed by atoms with Crippen LogP contribution in [0, 0.1) is 0 Å². The van der Waals surface area contributed by atoms with E-state index in [2.05, 4.69) is 62.6 Å². The lowest BCUT2D eigenvalue weighted by Gasteiger charge is -2.03. The number of rotatable bonds is 3. The number of H-pyrrole nitrogens is 1. The van der Waals surface area contributed by atoms with Crippen LogP contribution in [-0.2, 0) is 0 Å². The van der Waals surface area contributed by atoms with Crippen molar-refractivity contribution in [2.75, 3.05) is 5.43 Å². The molecule has 9 heteroatoms. The van der Waals surface area contributed by atoms with Gasteiger partial charge in [-0.2, -0.15) is 10.1 Å². The highest BCUT2D eigenvalue weighted by molar-refractivity contribution is 9.11. The first-order valence-electron chi connectivity index (χ1n) is 7.20. The molecule has 0 atom stereocenters. The number of phenolic OH excluding ortho intramolecular Hbond substituents is 1. The summed E-state index contributed by atoms with van der Waals surface area (Å²) in [6.07, 6.45) is 1.48. The number of benzene rings is 2. The fraction of sp³-hybridized carbons (Fsp3) is 0. The SMILES string of the molecule is Oc1c(Br)cc(Br)cc1C=NNc1nnc2c(n1)[nH]c1ccccc12. The smallest absolute Gasteiger partial charge is 0.265 e. The molecule has 0 unspecified atom stereocenters. The van der Waals surface area contributed by atoms with E-state index in [1.54, 1.807) is 12.1 Å². The van der Waals surface area contributed by atoms with Gasteiger partial charge >= 0.3 is 0 Å². The second-order valence-corrected chi connectivity index (χ2v) is 6.97. The maximum absolute atomic E-state index is 10.0. The average molecular weight is 462 g/mol. The summed E-state index contributed by atoms with van der Waals surface area (Å²) in [7, 11) is 0. The quantitative estimate of drug-likeness (QED) is 0.314.